The maximum absolute atomic E-state index is 11.9. The highest BCUT2D eigenvalue weighted by atomic mass is 32.2. The quantitative estimate of drug-likeness (QED) is 0.476. The van der Waals surface area contributed by atoms with Crippen LogP contribution in [0.15, 0.2) is 52.5 Å². The predicted molar refractivity (Wildman–Crippen MR) is 97.2 cm³/mol. The van der Waals surface area contributed by atoms with E-state index >= 15 is 0 Å². The highest BCUT2D eigenvalue weighted by Gasteiger charge is 2.08. The lowest BCUT2D eigenvalue weighted by atomic mass is 10.2. The van der Waals surface area contributed by atoms with E-state index in [9.17, 15) is 4.79 Å². The number of hydrogen-bond donors (Lipinski definition) is 1. The van der Waals surface area contributed by atoms with Crippen LogP contribution in [0.3, 0.4) is 0 Å². The number of carbonyl (C=O) groups excluding carboxylic acids is 1. The van der Waals surface area contributed by atoms with Gasteiger partial charge in [0.2, 0.25) is 5.91 Å². The summed E-state index contributed by atoms with van der Waals surface area (Å²) in [4.78, 5) is 13.0. The van der Waals surface area contributed by atoms with Gasteiger partial charge in [0.1, 0.15) is 0 Å². The first-order chi connectivity index (χ1) is 11.7. The van der Waals surface area contributed by atoms with Gasteiger partial charge in [0.05, 0.1) is 26.2 Å². The van der Waals surface area contributed by atoms with Crippen LogP contribution < -0.4 is 14.9 Å². The number of carbonyl (C=O) groups is 1. The lowest BCUT2D eigenvalue weighted by molar-refractivity contribution is -0.118. The number of aryl methyl sites for hydroxylation is 1. The van der Waals surface area contributed by atoms with Crippen molar-refractivity contribution in [3.8, 4) is 11.5 Å². The lowest BCUT2D eigenvalue weighted by Crippen LogP contribution is -2.19. The molecule has 0 bridgehead atoms. The number of amides is 1. The van der Waals surface area contributed by atoms with E-state index in [-0.39, 0.29) is 5.91 Å². The van der Waals surface area contributed by atoms with Gasteiger partial charge in [0.15, 0.2) is 11.5 Å². The third-order valence-electron chi connectivity index (χ3n) is 3.28. The van der Waals surface area contributed by atoms with Gasteiger partial charge in [-0.2, -0.15) is 5.10 Å². The summed E-state index contributed by atoms with van der Waals surface area (Å²) in [6.07, 6.45) is 1.54. The average molecular weight is 344 g/mol. The summed E-state index contributed by atoms with van der Waals surface area (Å²) >= 11 is 1.48. The summed E-state index contributed by atoms with van der Waals surface area (Å²) in [6, 6.07) is 13.4. The van der Waals surface area contributed by atoms with Crippen molar-refractivity contribution in [1.82, 2.24) is 5.43 Å². The molecule has 0 atom stereocenters. The Morgan fingerprint density at radius 2 is 1.96 bits per heavy atom. The van der Waals surface area contributed by atoms with Crippen molar-refractivity contribution < 1.29 is 14.3 Å². The second-order valence-corrected chi connectivity index (χ2v) is 5.95. The van der Waals surface area contributed by atoms with E-state index < -0.39 is 0 Å². The van der Waals surface area contributed by atoms with Crippen LogP contribution in [0, 0.1) is 6.92 Å². The van der Waals surface area contributed by atoms with Crippen LogP contribution in [-0.2, 0) is 4.79 Å². The molecular weight excluding hydrogens is 324 g/mol. The molecule has 2 aromatic carbocycles. The zero-order valence-corrected chi connectivity index (χ0v) is 14.7. The van der Waals surface area contributed by atoms with E-state index in [0.29, 0.717) is 17.3 Å². The van der Waals surface area contributed by atoms with Gasteiger partial charge in [-0.15, -0.1) is 11.8 Å². The normalized spacial score (nSPS) is 10.6. The molecule has 5 nitrogen and oxygen atoms in total. The number of hydrazone groups is 1. The molecule has 0 radical (unpaired) electrons. The molecule has 6 heteroatoms. The lowest BCUT2D eigenvalue weighted by Gasteiger charge is -2.09. The van der Waals surface area contributed by atoms with Crippen LogP contribution >= 0.6 is 11.8 Å². The molecular formula is C18H20N2O3S. The third-order valence-corrected chi connectivity index (χ3v) is 4.45. The molecule has 0 saturated carbocycles. The number of thioether (sulfide) groups is 1. The van der Waals surface area contributed by atoms with Crippen molar-refractivity contribution in [3.05, 3.63) is 53.6 Å². The Morgan fingerprint density at radius 3 is 2.67 bits per heavy atom. The molecule has 126 valence electrons. The van der Waals surface area contributed by atoms with Crippen molar-refractivity contribution in [3.63, 3.8) is 0 Å². The van der Waals surface area contributed by atoms with Gasteiger partial charge >= 0.3 is 0 Å². The van der Waals surface area contributed by atoms with Crippen molar-refractivity contribution in [2.24, 2.45) is 5.10 Å². The monoisotopic (exact) mass is 344 g/mol. The number of rotatable bonds is 7. The van der Waals surface area contributed by atoms with Gasteiger partial charge in [-0.3, -0.25) is 4.79 Å². The van der Waals surface area contributed by atoms with E-state index in [4.69, 9.17) is 9.47 Å². The third kappa shape index (κ3) is 4.76. The standard InChI is InChI=1S/C18H20N2O3S/c1-13-7-4-5-10-16(13)24-12-17(21)20-19-11-14-8-6-9-15(22-2)18(14)23-3/h4-11H,12H2,1-3H3,(H,20,21). The van der Waals surface area contributed by atoms with Crippen molar-refractivity contribution in [1.29, 1.82) is 0 Å². The molecule has 0 aliphatic rings. The summed E-state index contributed by atoms with van der Waals surface area (Å²) in [5.41, 5.74) is 4.40. The Morgan fingerprint density at radius 1 is 1.17 bits per heavy atom. The van der Waals surface area contributed by atoms with E-state index in [1.54, 1.807) is 20.3 Å². The number of nitrogens with zero attached hydrogens (tertiary/aromatic N) is 1. The molecule has 0 aliphatic carbocycles. The summed E-state index contributed by atoms with van der Waals surface area (Å²) in [5, 5.41) is 3.99. The minimum atomic E-state index is -0.165. The second-order valence-electron chi connectivity index (χ2n) is 4.93. The molecule has 1 amide bonds. The first kappa shape index (κ1) is 17.9. The molecule has 2 aromatic rings. The fourth-order valence-electron chi connectivity index (χ4n) is 2.08. The highest BCUT2D eigenvalue weighted by Crippen LogP contribution is 2.29. The number of methoxy groups -OCH3 is 2. The predicted octanol–water partition coefficient (Wildman–Crippen LogP) is 3.25. The van der Waals surface area contributed by atoms with Gasteiger partial charge in [0.25, 0.3) is 0 Å². The number of ether oxygens (including phenoxy) is 2. The largest absolute Gasteiger partial charge is 0.493 e. The first-order valence-corrected chi connectivity index (χ1v) is 8.35. The topological polar surface area (TPSA) is 59.9 Å². The van der Waals surface area contributed by atoms with E-state index in [1.165, 1.54) is 18.0 Å². The molecule has 0 heterocycles. The Balaban J connectivity index is 1.92. The maximum Gasteiger partial charge on any atom is 0.250 e. The number of para-hydroxylation sites is 1. The minimum Gasteiger partial charge on any atom is -0.493 e. The molecule has 24 heavy (non-hydrogen) atoms. The molecule has 0 saturated heterocycles. The Bertz CT molecular complexity index is 732. The zero-order chi connectivity index (χ0) is 17.4. The van der Waals surface area contributed by atoms with Crippen molar-refractivity contribution in [2.45, 2.75) is 11.8 Å². The Labute approximate surface area is 146 Å². The summed E-state index contributed by atoms with van der Waals surface area (Å²) in [5.74, 6) is 1.33. The fourth-order valence-corrected chi connectivity index (χ4v) is 2.90. The summed E-state index contributed by atoms with van der Waals surface area (Å²) < 4.78 is 10.5. The van der Waals surface area contributed by atoms with Crippen LogP contribution in [0.5, 0.6) is 11.5 Å². The summed E-state index contributed by atoms with van der Waals surface area (Å²) in [6.45, 7) is 2.02. The maximum atomic E-state index is 11.9. The second kappa shape index (κ2) is 8.98. The van der Waals surface area contributed by atoms with Gasteiger partial charge in [-0.1, -0.05) is 24.3 Å². The minimum absolute atomic E-state index is 0.165. The number of hydrogen-bond acceptors (Lipinski definition) is 5. The molecule has 0 unspecified atom stereocenters. The highest BCUT2D eigenvalue weighted by molar-refractivity contribution is 8.00. The fraction of sp³-hybridized carbons (Fsp3) is 0.222. The van der Waals surface area contributed by atoms with Crippen molar-refractivity contribution in [2.75, 3.05) is 20.0 Å². The van der Waals surface area contributed by atoms with Gasteiger partial charge in [0, 0.05) is 10.5 Å². The smallest absolute Gasteiger partial charge is 0.250 e. The van der Waals surface area contributed by atoms with Gasteiger partial charge in [-0.25, -0.2) is 5.43 Å². The summed E-state index contributed by atoms with van der Waals surface area (Å²) in [7, 11) is 3.13. The first-order valence-electron chi connectivity index (χ1n) is 7.37. The van der Waals surface area contributed by atoms with Crippen LogP contribution in [-0.4, -0.2) is 32.1 Å². The molecule has 2 rings (SSSR count). The van der Waals surface area contributed by atoms with Crippen LogP contribution in [0.4, 0.5) is 0 Å². The Kier molecular flexibility index (Phi) is 6.69. The van der Waals surface area contributed by atoms with Gasteiger partial charge < -0.3 is 9.47 Å². The molecule has 1 N–H and O–H groups in total. The van der Waals surface area contributed by atoms with Crippen LogP contribution in [0.25, 0.3) is 0 Å². The van der Waals surface area contributed by atoms with E-state index in [2.05, 4.69) is 10.5 Å². The van der Waals surface area contributed by atoms with Crippen LogP contribution in [0.2, 0.25) is 0 Å². The number of benzene rings is 2. The SMILES string of the molecule is COc1cccc(C=NNC(=O)CSc2ccccc2C)c1OC. The Hall–Kier alpha value is -2.47. The molecule has 0 aromatic heterocycles. The van der Waals surface area contributed by atoms with Gasteiger partial charge in [-0.05, 0) is 30.7 Å². The molecule has 0 fully saturated rings. The molecule has 0 aliphatic heterocycles. The van der Waals surface area contributed by atoms with E-state index in [1.807, 2.05) is 43.3 Å². The number of nitrogens with one attached hydrogen (secondary N) is 1. The molecule has 0 spiro atoms. The van der Waals surface area contributed by atoms with Crippen LogP contribution in [0.1, 0.15) is 11.1 Å². The average Bonchev–Trinajstić information content (AvgIpc) is 2.60. The van der Waals surface area contributed by atoms with Crippen molar-refractivity contribution >= 4 is 23.9 Å². The zero-order valence-electron chi connectivity index (χ0n) is 13.9. The van der Waals surface area contributed by atoms with E-state index in [0.717, 1.165) is 16.0 Å².